The quantitative estimate of drug-likeness (QED) is 0.861. The van der Waals surface area contributed by atoms with Gasteiger partial charge in [0, 0.05) is 13.1 Å². The number of rotatable bonds is 4. The van der Waals surface area contributed by atoms with Crippen LogP contribution in [0.25, 0.3) is 0 Å². The fourth-order valence-corrected chi connectivity index (χ4v) is 1.98. The predicted octanol–water partition coefficient (Wildman–Crippen LogP) is 3.17. The van der Waals surface area contributed by atoms with Crippen LogP contribution in [0, 0.1) is 5.41 Å². The van der Waals surface area contributed by atoms with Gasteiger partial charge in [0.1, 0.15) is 0 Å². The van der Waals surface area contributed by atoms with Gasteiger partial charge in [-0.15, -0.1) is 0 Å². The van der Waals surface area contributed by atoms with E-state index in [9.17, 15) is 4.79 Å². The van der Waals surface area contributed by atoms with Crippen LogP contribution in [0.1, 0.15) is 45.0 Å². The second-order valence-electron chi connectivity index (χ2n) is 6.11. The summed E-state index contributed by atoms with van der Waals surface area (Å²) in [5.41, 5.74) is 6.94. The van der Waals surface area contributed by atoms with Gasteiger partial charge in [-0.05, 0) is 31.4 Å². The van der Waals surface area contributed by atoms with Crippen LogP contribution in [0.5, 0.6) is 5.75 Å². The predicted molar refractivity (Wildman–Crippen MR) is 83.0 cm³/mol. The number of anilines is 1. The molecule has 4 heteroatoms. The number of carbonyl (C=O) groups is 1. The van der Waals surface area contributed by atoms with Gasteiger partial charge in [-0.3, -0.25) is 4.79 Å². The standard InChI is InChI=1S/C16H26N2O2/c1-7-20-14-12(9-8-10-13(14)17)15(19)18(6)11(2)16(3,4)5/h8-11H,7,17H2,1-6H3. The van der Waals surface area contributed by atoms with Crippen LogP contribution < -0.4 is 10.5 Å². The maximum atomic E-state index is 12.7. The van der Waals surface area contributed by atoms with E-state index in [4.69, 9.17) is 10.5 Å². The number of amides is 1. The van der Waals surface area contributed by atoms with Crippen LogP contribution in [0.4, 0.5) is 5.69 Å². The molecule has 0 heterocycles. The van der Waals surface area contributed by atoms with Crippen molar-refractivity contribution in [2.75, 3.05) is 19.4 Å². The molecule has 0 aliphatic heterocycles. The van der Waals surface area contributed by atoms with E-state index in [0.29, 0.717) is 23.6 Å². The number of hydrogen-bond donors (Lipinski definition) is 1. The highest BCUT2D eigenvalue weighted by Crippen LogP contribution is 2.30. The number of para-hydroxylation sites is 1. The first-order valence-electron chi connectivity index (χ1n) is 6.98. The first kappa shape index (κ1) is 16.3. The Morgan fingerprint density at radius 1 is 1.40 bits per heavy atom. The van der Waals surface area contributed by atoms with E-state index in [1.807, 2.05) is 20.9 Å². The Morgan fingerprint density at radius 3 is 2.50 bits per heavy atom. The molecule has 1 atom stereocenters. The number of nitrogens with two attached hydrogens (primary N) is 1. The van der Waals surface area contributed by atoms with E-state index in [2.05, 4.69) is 20.8 Å². The SMILES string of the molecule is CCOc1c(N)cccc1C(=O)N(C)C(C)C(C)(C)C. The normalized spacial score (nSPS) is 12.9. The zero-order chi connectivity index (χ0) is 15.5. The molecule has 0 spiro atoms. The molecule has 1 aromatic carbocycles. The summed E-state index contributed by atoms with van der Waals surface area (Å²) in [5, 5.41) is 0. The fraction of sp³-hybridized carbons (Fsp3) is 0.562. The average Bonchev–Trinajstić information content (AvgIpc) is 2.37. The minimum absolute atomic E-state index is 0.0104. The highest BCUT2D eigenvalue weighted by Gasteiger charge is 2.29. The summed E-state index contributed by atoms with van der Waals surface area (Å²) in [6, 6.07) is 5.39. The van der Waals surface area contributed by atoms with Crippen molar-refractivity contribution in [1.82, 2.24) is 4.90 Å². The summed E-state index contributed by atoms with van der Waals surface area (Å²) in [6.07, 6.45) is 0. The molecule has 1 aromatic rings. The Kier molecular flexibility index (Phi) is 5.03. The van der Waals surface area contributed by atoms with Crippen LogP contribution in [-0.4, -0.2) is 30.5 Å². The monoisotopic (exact) mass is 278 g/mol. The van der Waals surface area contributed by atoms with E-state index >= 15 is 0 Å². The molecule has 0 radical (unpaired) electrons. The molecular weight excluding hydrogens is 252 g/mol. The van der Waals surface area contributed by atoms with Crippen LogP contribution in [0.3, 0.4) is 0 Å². The number of carbonyl (C=O) groups excluding carboxylic acids is 1. The summed E-state index contributed by atoms with van der Waals surface area (Å²) >= 11 is 0. The molecule has 0 aliphatic carbocycles. The van der Waals surface area contributed by atoms with Gasteiger partial charge in [0.05, 0.1) is 17.9 Å². The van der Waals surface area contributed by atoms with Crippen LogP contribution in [0.15, 0.2) is 18.2 Å². The Hall–Kier alpha value is -1.71. The minimum atomic E-state index is -0.0665. The molecular formula is C16H26N2O2. The number of benzene rings is 1. The molecule has 0 aromatic heterocycles. The number of ether oxygens (including phenoxy) is 1. The molecule has 0 saturated carbocycles. The molecule has 1 unspecified atom stereocenters. The van der Waals surface area contributed by atoms with Gasteiger partial charge in [0.15, 0.2) is 5.75 Å². The van der Waals surface area contributed by atoms with Gasteiger partial charge in [-0.25, -0.2) is 0 Å². The van der Waals surface area contributed by atoms with E-state index in [0.717, 1.165) is 0 Å². The molecule has 4 nitrogen and oxygen atoms in total. The number of nitrogens with zero attached hydrogens (tertiary/aromatic N) is 1. The zero-order valence-corrected chi connectivity index (χ0v) is 13.4. The number of nitrogen functional groups attached to an aromatic ring is 1. The molecule has 20 heavy (non-hydrogen) atoms. The lowest BCUT2D eigenvalue weighted by atomic mass is 9.87. The molecule has 1 rings (SSSR count). The minimum Gasteiger partial charge on any atom is -0.491 e. The Bertz CT molecular complexity index is 478. The van der Waals surface area contributed by atoms with Gasteiger partial charge in [-0.1, -0.05) is 26.8 Å². The lowest BCUT2D eigenvalue weighted by Crippen LogP contribution is -2.43. The maximum Gasteiger partial charge on any atom is 0.257 e. The first-order chi connectivity index (χ1) is 9.20. The van der Waals surface area contributed by atoms with Gasteiger partial charge < -0.3 is 15.4 Å². The zero-order valence-electron chi connectivity index (χ0n) is 13.4. The molecule has 0 aliphatic rings. The second kappa shape index (κ2) is 6.16. The Balaban J connectivity index is 3.12. The largest absolute Gasteiger partial charge is 0.491 e. The van der Waals surface area contributed by atoms with Gasteiger partial charge in [-0.2, -0.15) is 0 Å². The Morgan fingerprint density at radius 2 is 2.00 bits per heavy atom. The van der Waals surface area contributed by atoms with Crippen molar-refractivity contribution in [3.8, 4) is 5.75 Å². The molecule has 0 bridgehead atoms. The van der Waals surface area contributed by atoms with Gasteiger partial charge in [0.2, 0.25) is 0 Å². The third kappa shape index (κ3) is 3.44. The third-order valence-corrected chi connectivity index (χ3v) is 3.72. The number of hydrogen-bond acceptors (Lipinski definition) is 3. The summed E-state index contributed by atoms with van der Waals surface area (Å²) in [5.74, 6) is 0.413. The van der Waals surface area contributed by atoms with Gasteiger partial charge >= 0.3 is 0 Å². The highest BCUT2D eigenvalue weighted by atomic mass is 16.5. The first-order valence-corrected chi connectivity index (χ1v) is 6.98. The van der Waals surface area contributed by atoms with Crippen LogP contribution in [0.2, 0.25) is 0 Å². The van der Waals surface area contributed by atoms with Crippen molar-refractivity contribution >= 4 is 11.6 Å². The Labute approximate surface area is 121 Å². The lowest BCUT2D eigenvalue weighted by molar-refractivity contribution is 0.0625. The van der Waals surface area contributed by atoms with Crippen LogP contribution >= 0.6 is 0 Å². The van der Waals surface area contributed by atoms with Crippen molar-refractivity contribution in [1.29, 1.82) is 0 Å². The molecule has 0 saturated heterocycles. The lowest BCUT2D eigenvalue weighted by Gasteiger charge is -2.35. The summed E-state index contributed by atoms with van der Waals surface area (Å²) < 4.78 is 5.53. The van der Waals surface area contributed by atoms with E-state index in [-0.39, 0.29) is 17.4 Å². The molecule has 1 amide bonds. The van der Waals surface area contributed by atoms with Crippen molar-refractivity contribution in [2.24, 2.45) is 5.41 Å². The summed E-state index contributed by atoms with van der Waals surface area (Å²) in [4.78, 5) is 14.4. The van der Waals surface area contributed by atoms with Crippen LogP contribution in [-0.2, 0) is 0 Å². The fourth-order valence-electron chi connectivity index (χ4n) is 1.98. The second-order valence-corrected chi connectivity index (χ2v) is 6.11. The molecule has 2 N–H and O–H groups in total. The van der Waals surface area contributed by atoms with E-state index < -0.39 is 0 Å². The third-order valence-electron chi connectivity index (χ3n) is 3.72. The summed E-state index contributed by atoms with van der Waals surface area (Å²) in [7, 11) is 1.82. The smallest absolute Gasteiger partial charge is 0.257 e. The van der Waals surface area contributed by atoms with Crippen molar-refractivity contribution < 1.29 is 9.53 Å². The van der Waals surface area contributed by atoms with Crippen molar-refractivity contribution in [3.63, 3.8) is 0 Å². The van der Waals surface area contributed by atoms with Crippen molar-refractivity contribution in [2.45, 2.75) is 40.7 Å². The van der Waals surface area contributed by atoms with Gasteiger partial charge in [0.25, 0.3) is 5.91 Å². The maximum absolute atomic E-state index is 12.7. The average molecular weight is 278 g/mol. The molecule has 0 fully saturated rings. The van der Waals surface area contributed by atoms with E-state index in [1.165, 1.54) is 0 Å². The highest BCUT2D eigenvalue weighted by molar-refractivity contribution is 5.98. The molecule has 112 valence electrons. The van der Waals surface area contributed by atoms with Crippen molar-refractivity contribution in [3.05, 3.63) is 23.8 Å². The topological polar surface area (TPSA) is 55.6 Å². The van der Waals surface area contributed by atoms with E-state index in [1.54, 1.807) is 23.1 Å². The summed E-state index contributed by atoms with van der Waals surface area (Å²) in [6.45, 7) is 10.7.